The number of anilines is 1. The highest BCUT2D eigenvalue weighted by Crippen LogP contribution is 2.28. The van der Waals surface area contributed by atoms with Crippen molar-refractivity contribution in [1.82, 2.24) is 14.8 Å². The highest BCUT2D eigenvalue weighted by molar-refractivity contribution is 5.89. The smallest absolute Gasteiger partial charge is 0.359 e. The summed E-state index contributed by atoms with van der Waals surface area (Å²) in [6.07, 6.45) is 2.66. The third-order valence-electron chi connectivity index (χ3n) is 4.95. The number of rotatable bonds is 6. The fraction of sp³-hybridized carbons (Fsp3) is 0.565. The van der Waals surface area contributed by atoms with Crippen molar-refractivity contribution in [2.75, 3.05) is 18.1 Å². The molecule has 0 atom stereocenters. The maximum atomic E-state index is 12.5. The van der Waals surface area contributed by atoms with Gasteiger partial charge in [-0.25, -0.2) is 9.78 Å². The van der Waals surface area contributed by atoms with Crippen molar-refractivity contribution < 1.29 is 19.1 Å². The van der Waals surface area contributed by atoms with E-state index >= 15 is 0 Å². The maximum absolute atomic E-state index is 12.5. The Balaban J connectivity index is 1.77. The molecule has 0 spiro atoms. The van der Waals surface area contributed by atoms with E-state index in [1.807, 2.05) is 37.6 Å². The third-order valence-corrected chi connectivity index (χ3v) is 4.95. The molecule has 0 saturated carbocycles. The van der Waals surface area contributed by atoms with Crippen LogP contribution in [-0.4, -0.2) is 45.5 Å². The van der Waals surface area contributed by atoms with Gasteiger partial charge in [0.1, 0.15) is 11.4 Å². The summed E-state index contributed by atoms with van der Waals surface area (Å²) in [6.45, 7) is 13.1. The largest absolute Gasteiger partial charge is 0.461 e. The zero-order valence-electron chi connectivity index (χ0n) is 19.3. The fourth-order valence-electron chi connectivity index (χ4n) is 3.68. The van der Waals surface area contributed by atoms with E-state index < -0.39 is 5.60 Å². The van der Waals surface area contributed by atoms with Gasteiger partial charge in [0.05, 0.1) is 13.0 Å². The molecule has 0 aliphatic carbocycles. The van der Waals surface area contributed by atoms with Crippen LogP contribution < -0.4 is 4.90 Å². The summed E-state index contributed by atoms with van der Waals surface area (Å²) in [7, 11) is 0. The highest BCUT2D eigenvalue weighted by Gasteiger charge is 2.30. The molecule has 3 heterocycles. The second-order valence-electron chi connectivity index (χ2n) is 8.99. The van der Waals surface area contributed by atoms with E-state index in [0.717, 1.165) is 35.6 Å². The molecule has 0 N–H and O–H groups in total. The van der Waals surface area contributed by atoms with Crippen LogP contribution in [0.4, 0.5) is 5.82 Å². The Morgan fingerprint density at radius 2 is 1.97 bits per heavy atom. The van der Waals surface area contributed by atoms with Gasteiger partial charge in [0.25, 0.3) is 0 Å². The molecule has 2 aromatic heterocycles. The lowest BCUT2D eigenvalue weighted by atomic mass is 10.0. The summed E-state index contributed by atoms with van der Waals surface area (Å²) in [5.41, 5.74) is 2.66. The van der Waals surface area contributed by atoms with Crippen molar-refractivity contribution in [1.29, 1.82) is 0 Å². The molecule has 0 unspecified atom stereocenters. The first-order chi connectivity index (χ1) is 14.6. The number of carbonyl (C=O) groups excluding carboxylic acids is 2. The summed E-state index contributed by atoms with van der Waals surface area (Å²) < 4.78 is 12.5. The van der Waals surface area contributed by atoms with Gasteiger partial charge in [-0.1, -0.05) is 6.07 Å². The van der Waals surface area contributed by atoms with Gasteiger partial charge in [0.15, 0.2) is 5.69 Å². The topological polar surface area (TPSA) is 86.6 Å². The number of ether oxygens (including phenoxy) is 2. The average Bonchev–Trinajstić information content (AvgIpc) is 3.06. The number of esters is 2. The quantitative estimate of drug-likeness (QED) is 0.651. The van der Waals surface area contributed by atoms with Crippen molar-refractivity contribution in [2.24, 2.45) is 0 Å². The Morgan fingerprint density at radius 1 is 1.23 bits per heavy atom. The van der Waals surface area contributed by atoms with Crippen molar-refractivity contribution in [3.63, 3.8) is 0 Å². The van der Waals surface area contributed by atoms with E-state index in [-0.39, 0.29) is 24.4 Å². The lowest BCUT2D eigenvalue weighted by molar-refractivity contribution is -0.153. The van der Waals surface area contributed by atoms with Crippen LogP contribution in [0.3, 0.4) is 0 Å². The van der Waals surface area contributed by atoms with Gasteiger partial charge in [0, 0.05) is 43.0 Å². The molecule has 3 rings (SSSR count). The Labute approximate surface area is 183 Å². The Bertz CT molecular complexity index is 942. The van der Waals surface area contributed by atoms with Crippen molar-refractivity contribution >= 4 is 17.8 Å². The predicted octanol–water partition coefficient (Wildman–Crippen LogP) is 3.48. The molecule has 8 nitrogen and oxygen atoms in total. The van der Waals surface area contributed by atoms with Gasteiger partial charge >= 0.3 is 11.9 Å². The van der Waals surface area contributed by atoms with E-state index in [1.54, 1.807) is 13.1 Å². The average molecular weight is 429 g/mol. The van der Waals surface area contributed by atoms with Gasteiger partial charge in [-0.2, -0.15) is 5.10 Å². The predicted molar refractivity (Wildman–Crippen MR) is 117 cm³/mol. The molecule has 0 radical (unpaired) electrons. The SMILES string of the molecule is CCOC(=O)c1nn(C(C)C)c2c1CN(c1ccc(CC(=O)OC(C)(C)C)cn1)CC2. The molecule has 0 saturated heterocycles. The summed E-state index contributed by atoms with van der Waals surface area (Å²) in [5, 5.41) is 4.56. The Kier molecular flexibility index (Phi) is 6.67. The number of carbonyl (C=O) groups is 2. The number of pyridine rings is 1. The standard InChI is InChI=1S/C23H32N4O4/c1-7-30-22(29)21-17-14-26(11-10-18(17)27(25-21)15(2)3)19-9-8-16(13-24-19)12-20(28)31-23(4,5)6/h8-9,13,15H,7,10-12,14H2,1-6H3. The zero-order chi connectivity index (χ0) is 22.8. The molecule has 1 aliphatic rings. The molecule has 31 heavy (non-hydrogen) atoms. The van der Waals surface area contributed by atoms with Crippen molar-refractivity contribution in [2.45, 2.75) is 72.6 Å². The maximum Gasteiger partial charge on any atom is 0.359 e. The first-order valence-electron chi connectivity index (χ1n) is 10.8. The van der Waals surface area contributed by atoms with E-state index in [9.17, 15) is 9.59 Å². The minimum atomic E-state index is -0.507. The summed E-state index contributed by atoms with van der Waals surface area (Å²) in [4.78, 5) is 31.2. The second kappa shape index (κ2) is 9.08. The van der Waals surface area contributed by atoms with Gasteiger partial charge in [-0.3, -0.25) is 9.48 Å². The highest BCUT2D eigenvalue weighted by atomic mass is 16.6. The monoisotopic (exact) mass is 428 g/mol. The summed E-state index contributed by atoms with van der Waals surface area (Å²) >= 11 is 0. The van der Waals surface area contributed by atoms with E-state index in [1.165, 1.54) is 0 Å². The van der Waals surface area contributed by atoms with Crippen LogP contribution in [0.1, 0.15) is 74.9 Å². The molecule has 1 aliphatic heterocycles. The number of fused-ring (bicyclic) bond motifs is 1. The van der Waals surface area contributed by atoms with Crippen LogP contribution in [0.25, 0.3) is 0 Å². The van der Waals surface area contributed by atoms with Crippen molar-refractivity contribution in [3.8, 4) is 0 Å². The molecule has 8 heteroatoms. The summed E-state index contributed by atoms with van der Waals surface area (Å²) in [5.74, 6) is 0.135. The molecule has 0 bridgehead atoms. The molecule has 0 aromatic carbocycles. The Morgan fingerprint density at radius 3 is 2.55 bits per heavy atom. The number of hydrogen-bond donors (Lipinski definition) is 0. The second-order valence-corrected chi connectivity index (χ2v) is 8.99. The van der Waals surface area contributed by atoms with E-state index in [2.05, 4.69) is 28.8 Å². The normalized spacial score (nSPS) is 13.8. The van der Waals surface area contributed by atoms with E-state index in [0.29, 0.717) is 18.8 Å². The van der Waals surface area contributed by atoms with Gasteiger partial charge in [-0.15, -0.1) is 0 Å². The van der Waals surface area contributed by atoms with Gasteiger partial charge < -0.3 is 14.4 Å². The summed E-state index contributed by atoms with van der Waals surface area (Å²) in [6, 6.07) is 3.96. The minimum Gasteiger partial charge on any atom is -0.461 e. The zero-order valence-corrected chi connectivity index (χ0v) is 19.3. The first kappa shape index (κ1) is 22.8. The minimum absolute atomic E-state index is 0.161. The van der Waals surface area contributed by atoms with Crippen LogP contribution in [0.5, 0.6) is 0 Å². The molecule has 2 aromatic rings. The van der Waals surface area contributed by atoms with Crippen LogP contribution in [0.15, 0.2) is 18.3 Å². The van der Waals surface area contributed by atoms with Gasteiger partial charge in [-0.05, 0) is 53.2 Å². The lowest BCUT2D eigenvalue weighted by Gasteiger charge is -2.29. The number of hydrogen-bond acceptors (Lipinski definition) is 7. The molecular formula is C23H32N4O4. The molecular weight excluding hydrogens is 396 g/mol. The molecule has 0 fully saturated rings. The van der Waals surface area contributed by atoms with Crippen LogP contribution in [0, 0.1) is 0 Å². The Hall–Kier alpha value is -2.90. The number of aromatic nitrogens is 3. The van der Waals surface area contributed by atoms with Crippen LogP contribution in [0.2, 0.25) is 0 Å². The fourth-order valence-corrected chi connectivity index (χ4v) is 3.68. The molecule has 0 amide bonds. The lowest BCUT2D eigenvalue weighted by Crippen LogP contribution is -2.32. The van der Waals surface area contributed by atoms with E-state index in [4.69, 9.17) is 9.47 Å². The third kappa shape index (κ3) is 5.42. The number of nitrogens with zero attached hydrogens (tertiary/aromatic N) is 4. The van der Waals surface area contributed by atoms with Crippen LogP contribution >= 0.6 is 0 Å². The first-order valence-corrected chi connectivity index (χ1v) is 10.8. The van der Waals surface area contributed by atoms with Crippen molar-refractivity contribution in [3.05, 3.63) is 40.8 Å². The molecule has 168 valence electrons. The van der Waals surface area contributed by atoms with Gasteiger partial charge in [0.2, 0.25) is 0 Å². The van der Waals surface area contributed by atoms with Crippen LogP contribution in [-0.2, 0) is 33.7 Å².